The Balaban J connectivity index is 0.00000420. The number of guanidine groups is 1. The average molecular weight is 521 g/mol. The quantitative estimate of drug-likeness (QED) is 0.209. The van der Waals surface area contributed by atoms with Crippen LogP contribution in [0.5, 0.6) is 11.5 Å². The molecular formula is C21H36IN3O4. The molecule has 1 N–H and O–H groups in total. The molecule has 8 heteroatoms. The molecule has 1 aromatic rings. The number of hydrogen-bond donors (Lipinski definition) is 1. The highest BCUT2D eigenvalue weighted by molar-refractivity contribution is 14.0. The number of likely N-dealkylation sites (N-methyl/N-ethyl adjacent to an activating group) is 1. The summed E-state index contributed by atoms with van der Waals surface area (Å²) >= 11 is 0. The van der Waals surface area contributed by atoms with Gasteiger partial charge in [-0.05, 0) is 50.5 Å². The van der Waals surface area contributed by atoms with E-state index in [1.807, 2.05) is 31.3 Å². The summed E-state index contributed by atoms with van der Waals surface area (Å²) in [5.41, 5.74) is 0. The van der Waals surface area contributed by atoms with Gasteiger partial charge in [0.05, 0.1) is 19.8 Å². The van der Waals surface area contributed by atoms with Crippen LogP contribution in [0.25, 0.3) is 0 Å². The van der Waals surface area contributed by atoms with Gasteiger partial charge in [-0.3, -0.25) is 4.99 Å². The summed E-state index contributed by atoms with van der Waals surface area (Å²) in [5, 5.41) is 3.33. The van der Waals surface area contributed by atoms with Gasteiger partial charge in [0.1, 0.15) is 18.1 Å². The van der Waals surface area contributed by atoms with Crippen molar-refractivity contribution in [1.82, 2.24) is 10.2 Å². The maximum Gasteiger partial charge on any atom is 0.193 e. The third kappa shape index (κ3) is 10.4. The van der Waals surface area contributed by atoms with E-state index in [2.05, 4.69) is 17.1 Å². The molecule has 0 saturated carbocycles. The Hall–Kier alpha value is -1.26. The molecule has 1 aromatic carbocycles. The second-order valence-corrected chi connectivity index (χ2v) is 6.72. The summed E-state index contributed by atoms with van der Waals surface area (Å²) in [6.45, 7) is 7.36. The lowest BCUT2D eigenvalue weighted by atomic mass is 10.1. The molecule has 0 amide bonds. The number of halogens is 1. The second-order valence-electron chi connectivity index (χ2n) is 6.72. The maximum atomic E-state index is 5.90. The smallest absolute Gasteiger partial charge is 0.193 e. The number of benzene rings is 1. The van der Waals surface area contributed by atoms with Crippen LogP contribution in [0.3, 0.4) is 0 Å². The van der Waals surface area contributed by atoms with Crippen LogP contribution < -0.4 is 14.8 Å². The number of rotatable bonds is 11. The van der Waals surface area contributed by atoms with Crippen LogP contribution in [0.15, 0.2) is 29.3 Å². The van der Waals surface area contributed by atoms with Gasteiger partial charge in [0.2, 0.25) is 0 Å². The van der Waals surface area contributed by atoms with E-state index in [9.17, 15) is 0 Å². The zero-order valence-corrected chi connectivity index (χ0v) is 20.2. The van der Waals surface area contributed by atoms with E-state index >= 15 is 0 Å². The normalized spacial score (nSPS) is 14.8. The predicted molar refractivity (Wildman–Crippen MR) is 127 cm³/mol. The lowest BCUT2D eigenvalue weighted by Gasteiger charge is -2.23. The highest BCUT2D eigenvalue weighted by Gasteiger charge is 2.13. The van der Waals surface area contributed by atoms with E-state index in [1.165, 1.54) is 0 Å². The van der Waals surface area contributed by atoms with Crippen LogP contribution in [0.2, 0.25) is 0 Å². The van der Waals surface area contributed by atoms with Crippen molar-refractivity contribution in [3.63, 3.8) is 0 Å². The minimum atomic E-state index is 0. The standard InChI is InChI=1S/C21H35N3O4.HI/c1-4-22-21(23-12-5-14-27-20-10-15-26-16-11-20)24(2)13-17-28-19-8-6-18(25-3)7-9-19;/h6-9,20H,4-5,10-17H2,1-3H3,(H,22,23);1H. The fourth-order valence-corrected chi connectivity index (χ4v) is 2.89. The van der Waals surface area contributed by atoms with Crippen LogP contribution >= 0.6 is 24.0 Å². The predicted octanol–water partition coefficient (Wildman–Crippen LogP) is 3.18. The molecule has 29 heavy (non-hydrogen) atoms. The number of ether oxygens (including phenoxy) is 4. The van der Waals surface area contributed by atoms with Gasteiger partial charge in [-0.25, -0.2) is 0 Å². The number of aliphatic imine (C=N–C) groups is 1. The fourth-order valence-electron chi connectivity index (χ4n) is 2.89. The molecule has 0 radical (unpaired) electrons. The van der Waals surface area contributed by atoms with Crippen LogP contribution in [-0.2, 0) is 9.47 Å². The summed E-state index contributed by atoms with van der Waals surface area (Å²) in [7, 11) is 3.68. The Kier molecular flexibility index (Phi) is 13.8. The lowest BCUT2D eigenvalue weighted by molar-refractivity contribution is -0.0318. The zero-order chi connectivity index (χ0) is 20.0. The van der Waals surface area contributed by atoms with Crippen molar-refractivity contribution in [2.24, 2.45) is 4.99 Å². The SMILES string of the molecule is CCNC(=NCCCOC1CCOCC1)N(C)CCOc1ccc(OC)cc1.I. The van der Waals surface area contributed by atoms with Crippen molar-refractivity contribution in [2.75, 3.05) is 60.2 Å². The van der Waals surface area contributed by atoms with Gasteiger partial charge in [0.25, 0.3) is 0 Å². The minimum absolute atomic E-state index is 0. The van der Waals surface area contributed by atoms with Gasteiger partial charge in [-0.1, -0.05) is 0 Å². The molecule has 0 atom stereocenters. The zero-order valence-electron chi connectivity index (χ0n) is 17.9. The molecule has 0 aliphatic carbocycles. The first kappa shape index (κ1) is 25.8. The van der Waals surface area contributed by atoms with Gasteiger partial charge in [0, 0.05) is 40.0 Å². The van der Waals surface area contributed by atoms with E-state index in [-0.39, 0.29) is 24.0 Å². The molecule has 0 unspecified atom stereocenters. The van der Waals surface area contributed by atoms with Gasteiger partial charge >= 0.3 is 0 Å². The van der Waals surface area contributed by atoms with Crippen molar-refractivity contribution in [3.05, 3.63) is 24.3 Å². The molecule has 1 saturated heterocycles. The Bertz CT molecular complexity index is 566. The van der Waals surface area contributed by atoms with E-state index in [0.29, 0.717) is 12.7 Å². The minimum Gasteiger partial charge on any atom is -0.497 e. The summed E-state index contributed by atoms with van der Waals surface area (Å²) in [6, 6.07) is 7.62. The Labute approximate surface area is 192 Å². The molecule has 1 fully saturated rings. The summed E-state index contributed by atoms with van der Waals surface area (Å²) in [5.74, 6) is 2.56. The van der Waals surface area contributed by atoms with E-state index < -0.39 is 0 Å². The molecule has 1 aliphatic heterocycles. The molecule has 2 rings (SSSR count). The summed E-state index contributed by atoms with van der Waals surface area (Å²) in [6.07, 6.45) is 3.28. The summed E-state index contributed by atoms with van der Waals surface area (Å²) < 4.78 is 22.2. The lowest BCUT2D eigenvalue weighted by Crippen LogP contribution is -2.41. The molecule has 0 bridgehead atoms. The first-order chi connectivity index (χ1) is 13.7. The van der Waals surface area contributed by atoms with Crippen molar-refractivity contribution in [2.45, 2.75) is 32.3 Å². The topological polar surface area (TPSA) is 64.6 Å². The van der Waals surface area contributed by atoms with Crippen molar-refractivity contribution >= 4 is 29.9 Å². The fraction of sp³-hybridized carbons (Fsp3) is 0.667. The second kappa shape index (κ2) is 15.6. The van der Waals surface area contributed by atoms with E-state index in [1.54, 1.807) is 7.11 Å². The van der Waals surface area contributed by atoms with Crippen molar-refractivity contribution in [3.8, 4) is 11.5 Å². The molecule has 0 aromatic heterocycles. The Morgan fingerprint density at radius 1 is 1.17 bits per heavy atom. The number of nitrogens with one attached hydrogen (secondary N) is 1. The molecule has 1 heterocycles. The number of hydrogen-bond acceptors (Lipinski definition) is 5. The first-order valence-corrected chi connectivity index (χ1v) is 10.2. The van der Waals surface area contributed by atoms with Crippen LogP contribution in [0, 0.1) is 0 Å². The molecule has 166 valence electrons. The van der Waals surface area contributed by atoms with Crippen LogP contribution in [-0.4, -0.2) is 77.2 Å². The van der Waals surface area contributed by atoms with Crippen LogP contribution in [0.1, 0.15) is 26.2 Å². The highest BCUT2D eigenvalue weighted by atomic mass is 127. The molecule has 0 spiro atoms. The van der Waals surface area contributed by atoms with Crippen LogP contribution in [0.4, 0.5) is 0 Å². The van der Waals surface area contributed by atoms with Gasteiger partial charge < -0.3 is 29.2 Å². The Morgan fingerprint density at radius 2 is 1.86 bits per heavy atom. The largest absolute Gasteiger partial charge is 0.497 e. The van der Waals surface area contributed by atoms with Crippen molar-refractivity contribution in [1.29, 1.82) is 0 Å². The van der Waals surface area contributed by atoms with Gasteiger partial charge in [-0.2, -0.15) is 0 Å². The monoisotopic (exact) mass is 521 g/mol. The van der Waals surface area contributed by atoms with Gasteiger partial charge in [0.15, 0.2) is 5.96 Å². The maximum absolute atomic E-state index is 5.90. The number of nitrogens with zero attached hydrogens (tertiary/aromatic N) is 2. The first-order valence-electron chi connectivity index (χ1n) is 10.2. The van der Waals surface area contributed by atoms with Crippen molar-refractivity contribution < 1.29 is 18.9 Å². The molecule has 7 nitrogen and oxygen atoms in total. The summed E-state index contributed by atoms with van der Waals surface area (Å²) in [4.78, 5) is 6.79. The third-order valence-corrected chi connectivity index (χ3v) is 4.54. The third-order valence-electron chi connectivity index (χ3n) is 4.54. The van der Waals surface area contributed by atoms with E-state index in [0.717, 1.165) is 76.2 Å². The highest BCUT2D eigenvalue weighted by Crippen LogP contribution is 2.16. The number of methoxy groups -OCH3 is 1. The molecule has 1 aliphatic rings. The Morgan fingerprint density at radius 3 is 2.52 bits per heavy atom. The van der Waals surface area contributed by atoms with Gasteiger partial charge in [-0.15, -0.1) is 24.0 Å². The van der Waals surface area contributed by atoms with E-state index in [4.69, 9.17) is 23.9 Å². The average Bonchev–Trinajstić information content (AvgIpc) is 2.74. The molecular weight excluding hydrogens is 485 g/mol.